The molecule has 0 radical (unpaired) electrons. The average molecular weight is 305 g/mol. The van der Waals surface area contributed by atoms with Crippen LogP contribution in [0.4, 0.5) is 5.69 Å². The highest BCUT2D eigenvalue weighted by Crippen LogP contribution is 2.12. The van der Waals surface area contributed by atoms with Crippen molar-refractivity contribution in [2.75, 3.05) is 11.9 Å². The molecule has 3 nitrogen and oxygen atoms in total. The SMILES string of the molecule is CCCCCCCCCCCCNc1cccc(C(=O)O)c1. The highest BCUT2D eigenvalue weighted by atomic mass is 16.4. The Bertz CT molecular complexity index is 418. The molecule has 3 heteroatoms. The highest BCUT2D eigenvalue weighted by Gasteiger charge is 2.02. The van der Waals surface area contributed by atoms with Gasteiger partial charge in [0.1, 0.15) is 0 Å². The molecule has 0 fully saturated rings. The van der Waals surface area contributed by atoms with E-state index in [2.05, 4.69) is 12.2 Å². The lowest BCUT2D eigenvalue weighted by molar-refractivity contribution is 0.0697. The Morgan fingerprint density at radius 2 is 1.55 bits per heavy atom. The molecule has 124 valence electrons. The topological polar surface area (TPSA) is 49.3 Å². The highest BCUT2D eigenvalue weighted by molar-refractivity contribution is 5.88. The van der Waals surface area contributed by atoms with Crippen LogP contribution < -0.4 is 5.32 Å². The third-order valence-corrected chi connectivity index (χ3v) is 3.97. The number of anilines is 1. The zero-order valence-electron chi connectivity index (χ0n) is 13.9. The maximum absolute atomic E-state index is 10.9. The monoisotopic (exact) mass is 305 g/mol. The molecule has 0 amide bonds. The molecule has 0 aliphatic rings. The Balaban J connectivity index is 1.97. The Labute approximate surface area is 135 Å². The number of unbranched alkanes of at least 4 members (excludes halogenated alkanes) is 9. The number of aromatic carboxylic acids is 1. The van der Waals surface area contributed by atoms with E-state index in [1.54, 1.807) is 18.2 Å². The number of hydrogen-bond donors (Lipinski definition) is 2. The maximum Gasteiger partial charge on any atom is 0.335 e. The van der Waals surface area contributed by atoms with Crippen LogP contribution >= 0.6 is 0 Å². The van der Waals surface area contributed by atoms with Crippen LogP contribution in [-0.4, -0.2) is 17.6 Å². The van der Waals surface area contributed by atoms with Gasteiger partial charge in [0.25, 0.3) is 0 Å². The van der Waals surface area contributed by atoms with Gasteiger partial charge in [0.05, 0.1) is 5.56 Å². The predicted molar refractivity (Wildman–Crippen MR) is 93.7 cm³/mol. The number of rotatable bonds is 13. The summed E-state index contributed by atoms with van der Waals surface area (Å²) in [5, 5.41) is 12.2. The maximum atomic E-state index is 10.9. The number of benzene rings is 1. The van der Waals surface area contributed by atoms with E-state index in [0.29, 0.717) is 5.56 Å². The Morgan fingerprint density at radius 3 is 2.14 bits per heavy atom. The first-order valence-electron chi connectivity index (χ1n) is 8.81. The molecule has 1 aromatic rings. The molecule has 0 unspecified atom stereocenters. The summed E-state index contributed by atoms with van der Waals surface area (Å²) in [6.45, 7) is 3.17. The quantitative estimate of drug-likeness (QED) is 0.458. The lowest BCUT2D eigenvalue weighted by atomic mass is 10.1. The van der Waals surface area contributed by atoms with Crippen molar-refractivity contribution in [3.05, 3.63) is 29.8 Å². The largest absolute Gasteiger partial charge is 0.478 e. The molecule has 0 heterocycles. The summed E-state index contributed by atoms with van der Waals surface area (Å²) < 4.78 is 0. The third-order valence-electron chi connectivity index (χ3n) is 3.97. The molecule has 1 aromatic carbocycles. The van der Waals surface area contributed by atoms with Crippen molar-refractivity contribution in [2.45, 2.75) is 71.1 Å². The lowest BCUT2D eigenvalue weighted by Crippen LogP contribution is -2.03. The van der Waals surface area contributed by atoms with E-state index in [4.69, 9.17) is 5.11 Å². The summed E-state index contributed by atoms with van der Waals surface area (Å²) in [5.41, 5.74) is 1.24. The molecule has 0 atom stereocenters. The van der Waals surface area contributed by atoms with Gasteiger partial charge in [-0.1, -0.05) is 70.8 Å². The summed E-state index contributed by atoms with van der Waals surface area (Å²) in [7, 11) is 0. The second kappa shape index (κ2) is 12.1. The van der Waals surface area contributed by atoms with E-state index < -0.39 is 5.97 Å². The van der Waals surface area contributed by atoms with Gasteiger partial charge in [-0.25, -0.2) is 4.79 Å². The number of hydrogen-bond acceptors (Lipinski definition) is 2. The summed E-state index contributed by atoms with van der Waals surface area (Å²) in [6.07, 6.45) is 13.3. The van der Waals surface area contributed by atoms with Gasteiger partial charge >= 0.3 is 5.97 Å². The van der Waals surface area contributed by atoms with Crippen molar-refractivity contribution < 1.29 is 9.90 Å². The van der Waals surface area contributed by atoms with Gasteiger partial charge in [0.15, 0.2) is 0 Å². The van der Waals surface area contributed by atoms with E-state index in [-0.39, 0.29) is 0 Å². The zero-order valence-corrected chi connectivity index (χ0v) is 13.9. The van der Waals surface area contributed by atoms with Crippen LogP contribution in [0.1, 0.15) is 81.5 Å². The fourth-order valence-electron chi connectivity index (χ4n) is 2.61. The van der Waals surface area contributed by atoms with E-state index in [1.807, 2.05) is 6.07 Å². The summed E-state index contributed by atoms with van der Waals surface area (Å²) in [5.74, 6) is -0.873. The Kier molecular flexibility index (Phi) is 10.2. The van der Waals surface area contributed by atoms with Crippen molar-refractivity contribution in [2.24, 2.45) is 0 Å². The minimum atomic E-state index is -0.873. The van der Waals surface area contributed by atoms with Gasteiger partial charge in [-0.3, -0.25) is 0 Å². The van der Waals surface area contributed by atoms with Gasteiger partial charge in [0.2, 0.25) is 0 Å². The van der Waals surface area contributed by atoms with Gasteiger partial charge in [0, 0.05) is 12.2 Å². The molecule has 0 saturated heterocycles. The first kappa shape index (κ1) is 18.5. The molecule has 0 aliphatic carbocycles. The zero-order chi connectivity index (χ0) is 16.0. The molecule has 2 N–H and O–H groups in total. The summed E-state index contributed by atoms with van der Waals surface area (Å²) >= 11 is 0. The molecular weight excluding hydrogens is 274 g/mol. The minimum absolute atomic E-state index is 0.341. The van der Waals surface area contributed by atoms with E-state index in [1.165, 1.54) is 57.8 Å². The Morgan fingerprint density at radius 1 is 0.955 bits per heavy atom. The van der Waals surface area contributed by atoms with Gasteiger partial charge in [-0.2, -0.15) is 0 Å². The second-order valence-corrected chi connectivity index (χ2v) is 5.99. The molecule has 0 bridgehead atoms. The number of carboxylic acids is 1. The molecule has 0 aromatic heterocycles. The lowest BCUT2D eigenvalue weighted by Gasteiger charge is -2.07. The molecular formula is C19H31NO2. The van der Waals surface area contributed by atoms with Crippen LogP contribution in [0.15, 0.2) is 24.3 Å². The van der Waals surface area contributed by atoms with Gasteiger partial charge in [-0.15, -0.1) is 0 Å². The van der Waals surface area contributed by atoms with Crippen molar-refractivity contribution >= 4 is 11.7 Å². The van der Waals surface area contributed by atoms with Crippen LogP contribution in [0, 0.1) is 0 Å². The van der Waals surface area contributed by atoms with Crippen molar-refractivity contribution in [3.8, 4) is 0 Å². The smallest absolute Gasteiger partial charge is 0.335 e. The fraction of sp³-hybridized carbons (Fsp3) is 0.632. The third kappa shape index (κ3) is 8.71. The van der Waals surface area contributed by atoms with Crippen molar-refractivity contribution in [1.29, 1.82) is 0 Å². The van der Waals surface area contributed by atoms with E-state index >= 15 is 0 Å². The average Bonchev–Trinajstić information content (AvgIpc) is 2.53. The molecule has 22 heavy (non-hydrogen) atoms. The van der Waals surface area contributed by atoms with Crippen LogP contribution in [0.5, 0.6) is 0 Å². The summed E-state index contributed by atoms with van der Waals surface area (Å²) in [6, 6.07) is 7.01. The van der Waals surface area contributed by atoms with Crippen LogP contribution in [0.2, 0.25) is 0 Å². The van der Waals surface area contributed by atoms with Crippen LogP contribution in [-0.2, 0) is 0 Å². The van der Waals surface area contributed by atoms with Gasteiger partial charge in [-0.05, 0) is 24.6 Å². The van der Waals surface area contributed by atoms with Crippen molar-refractivity contribution in [3.63, 3.8) is 0 Å². The first-order chi connectivity index (χ1) is 10.7. The Hall–Kier alpha value is -1.51. The standard InChI is InChI=1S/C19H31NO2/c1-2-3-4-5-6-7-8-9-10-11-15-20-18-14-12-13-17(16-18)19(21)22/h12-14,16,20H,2-11,15H2,1H3,(H,21,22). The van der Waals surface area contributed by atoms with E-state index in [0.717, 1.165) is 18.7 Å². The van der Waals surface area contributed by atoms with Gasteiger partial charge < -0.3 is 10.4 Å². The second-order valence-electron chi connectivity index (χ2n) is 5.99. The van der Waals surface area contributed by atoms with Crippen molar-refractivity contribution in [1.82, 2.24) is 0 Å². The molecule has 0 spiro atoms. The predicted octanol–water partition coefficient (Wildman–Crippen LogP) is 5.72. The first-order valence-corrected chi connectivity index (χ1v) is 8.81. The molecule has 0 saturated carbocycles. The molecule has 1 rings (SSSR count). The molecule has 0 aliphatic heterocycles. The van der Waals surface area contributed by atoms with E-state index in [9.17, 15) is 4.79 Å². The fourth-order valence-corrected chi connectivity index (χ4v) is 2.61. The number of nitrogens with one attached hydrogen (secondary N) is 1. The van der Waals surface area contributed by atoms with Crippen LogP contribution in [0.3, 0.4) is 0 Å². The number of carboxylic acid groups (broad SMARTS) is 1. The normalized spacial score (nSPS) is 10.6. The summed E-state index contributed by atoms with van der Waals surface area (Å²) in [4.78, 5) is 10.9. The number of carbonyl (C=O) groups is 1. The minimum Gasteiger partial charge on any atom is -0.478 e. The van der Waals surface area contributed by atoms with Crippen LogP contribution in [0.25, 0.3) is 0 Å².